The predicted octanol–water partition coefficient (Wildman–Crippen LogP) is 3.14. The lowest BCUT2D eigenvalue weighted by molar-refractivity contribution is 0.0413. The van der Waals surface area contributed by atoms with Gasteiger partial charge in [-0.2, -0.15) is 0 Å². The Kier molecular flexibility index (Phi) is 4.85. The predicted molar refractivity (Wildman–Crippen MR) is 99.0 cm³/mol. The molecule has 6 nitrogen and oxygen atoms in total. The van der Waals surface area contributed by atoms with E-state index >= 15 is 0 Å². The van der Waals surface area contributed by atoms with Crippen LogP contribution in [-0.4, -0.2) is 49.6 Å². The minimum absolute atomic E-state index is 0.367. The molecule has 4 fully saturated rings. The summed E-state index contributed by atoms with van der Waals surface area (Å²) in [5.41, 5.74) is 0.774. The second-order valence-corrected chi connectivity index (χ2v) is 8.56. The molecule has 150 valence electrons. The highest BCUT2D eigenvalue weighted by Gasteiger charge is 2.44. The summed E-state index contributed by atoms with van der Waals surface area (Å²) < 4.78 is 22.0. The summed E-state index contributed by atoms with van der Waals surface area (Å²) in [5, 5.41) is 0. The highest BCUT2D eigenvalue weighted by molar-refractivity contribution is 5.95. The van der Waals surface area contributed by atoms with Crippen LogP contribution >= 0.6 is 0 Å². The van der Waals surface area contributed by atoms with Crippen LogP contribution in [0.25, 0.3) is 0 Å². The van der Waals surface area contributed by atoms with Crippen LogP contribution in [0.2, 0.25) is 0 Å². The third-order valence-corrected chi connectivity index (χ3v) is 6.46. The summed E-state index contributed by atoms with van der Waals surface area (Å²) in [7, 11) is 0. The maximum Gasteiger partial charge on any atom is 0.338 e. The van der Waals surface area contributed by atoms with Gasteiger partial charge in [-0.3, -0.25) is 0 Å². The quantitative estimate of drug-likeness (QED) is 0.552. The van der Waals surface area contributed by atoms with E-state index in [1.807, 2.05) is 0 Å². The van der Waals surface area contributed by atoms with Gasteiger partial charge in [-0.15, -0.1) is 0 Å². The van der Waals surface area contributed by atoms with Gasteiger partial charge in [-0.05, 0) is 68.6 Å². The maximum atomic E-state index is 12.4. The molecule has 0 spiro atoms. The molecular weight excluding hydrogens is 360 g/mol. The smallest absolute Gasteiger partial charge is 0.338 e. The summed E-state index contributed by atoms with van der Waals surface area (Å²) >= 11 is 0. The molecule has 2 saturated carbocycles. The van der Waals surface area contributed by atoms with E-state index in [4.69, 9.17) is 18.9 Å². The minimum atomic E-state index is -0.391. The lowest BCUT2D eigenvalue weighted by Crippen LogP contribution is -2.21. The van der Waals surface area contributed by atoms with Crippen LogP contribution in [0.3, 0.4) is 0 Å². The van der Waals surface area contributed by atoms with Crippen LogP contribution in [0.4, 0.5) is 0 Å². The van der Waals surface area contributed by atoms with Gasteiger partial charge in [0.1, 0.15) is 0 Å². The molecule has 6 heteroatoms. The highest BCUT2D eigenvalue weighted by atomic mass is 16.6. The third kappa shape index (κ3) is 4.08. The number of benzene rings is 1. The van der Waals surface area contributed by atoms with Gasteiger partial charge < -0.3 is 18.9 Å². The zero-order chi connectivity index (χ0) is 19.1. The van der Waals surface area contributed by atoms with Gasteiger partial charge in [-0.1, -0.05) is 6.07 Å². The highest BCUT2D eigenvalue weighted by Crippen LogP contribution is 2.40. The largest absolute Gasteiger partial charge is 0.462 e. The van der Waals surface area contributed by atoms with Crippen LogP contribution in [0, 0.1) is 11.8 Å². The first kappa shape index (κ1) is 18.1. The SMILES string of the molecule is O=C(OCC1CCC2OC2C1)c1cccc(C(=O)OCC2CCC3OC3C2)c1. The van der Waals surface area contributed by atoms with Gasteiger partial charge in [0, 0.05) is 0 Å². The number of carbonyl (C=O) groups is 2. The van der Waals surface area contributed by atoms with Gasteiger partial charge in [0.15, 0.2) is 0 Å². The molecule has 0 radical (unpaired) electrons. The van der Waals surface area contributed by atoms with Gasteiger partial charge in [0.05, 0.1) is 48.8 Å². The molecule has 6 unspecified atom stereocenters. The molecule has 5 rings (SSSR count). The molecule has 2 aliphatic carbocycles. The summed E-state index contributed by atoms with van der Waals surface area (Å²) in [6, 6.07) is 6.60. The van der Waals surface area contributed by atoms with Crippen molar-refractivity contribution in [2.45, 2.75) is 62.9 Å². The van der Waals surface area contributed by atoms with Crippen LogP contribution in [-0.2, 0) is 18.9 Å². The topological polar surface area (TPSA) is 77.7 Å². The van der Waals surface area contributed by atoms with Gasteiger partial charge in [0.25, 0.3) is 0 Å². The van der Waals surface area contributed by atoms with Crippen molar-refractivity contribution in [1.29, 1.82) is 0 Å². The van der Waals surface area contributed by atoms with E-state index in [9.17, 15) is 9.59 Å². The standard InChI is InChI=1S/C22H26O6/c23-21(25-11-13-4-6-17-19(8-13)27-17)15-2-1-3-16(10-15)22(24)26-12-14-5-7-18-20(9-14)28-18/h1-3,10,13-14,17-20H,4-9,11-12H2. The van der Waals surface area contributed by atoms with Crippen LogP contribution in [0.5, 0.6) is 0 Å². The Morgan fingerprint density at radius 2 is 1.29 bits per heavy atom. The second kappa shape index (κ2) is 7.48. The van der Waals surface area contributed by atoms with E-state index in [1.54, 1.807) is 24.3 Å². The first-order chi connectivity index (χ1) is 13.7. The zero-order valence-electron chi connectivity index (χ0n) is 15.9. The Labute approximate surface area is 164 Å². The fourth-order valence-electron chi connectivity index (χ4n) is 4.60. The summed E-state index contributed by atoms with van der Waals surface area (Å²) in [4.78, 5) is 24.8. The van der Waals surface area contributed by atoms with Crippen molar-refractivity contribution in [2.24, 2.45) is 11.8 Å². The molecule has 0 N–H and O–H groups in total. The number of esters is 2. The first-order valence-electron chi connectivity index (χ1n) is 10.4. The van der Waals surface area contributed by atoms with Gasteiger partial charge in [-0.25, -0.2) is 9.59 Å². The Balaban J connectivity index is 1.11. The van der Waals surface area contributed by atoms with E-state index in [0.717, 1.165) is 38.5 Å². The summed E-state index contributed by atoms with van der Waals surface area (Å²) in [5.74, 6) is -0.0480. The Morgan fingerprint density at radius 3 is 1.75 bits per heavy atom. The van der Waals surface area contributed by atoms with Crippen molar-refractivity contribution >= 4 is 11.9 Å². The molecule has 2 saturated heterocycles. The first-order valence-corrected chi connectivity index (χ1v) is 10.4. The van der Waals surface area contributed by atoms with Crippen molar-refractivity contribution in [3.8, 4) is 0 Å². The molecule has 6 atom stereocenters. The molecule has 2 aliphatic heterocycles. The normalized spacial score (nSPS) is 35.3. The molecule has 4 aliphatic rings. The van der Waals surface area contributed by atoms with Gasteiger partial charge in [0.2, 0.25) is 0 Å². The number of epoxide rings is 2. The van der Waals surface area contributed by atoms with E-state index in [-0.39, 0.29) is 0 Å². The number of carbonyl (C=O) groups excluding carboxylic acids is 2. The molecule has 0 aromatic heterocycles. The maximum absolute atomic E-state index is 12.4. The number of hydrogen-bond acceptors (Lipinski definition) is 6. The fourth-order valence-corrected chi connectivity index (χ4v) is 4.60. The Hall–Kier alpha value is -1.92. The number of ether oxygens (including phenoxy) is 4. The average Bonchev–Trinajstić information content (AvgIpc) is 3.64. The lowest BCUT2D eigenvalue weighted by atomic mass is 9.90. The van der Waals surface area contributed by atoms with E-state index in [2.05, 4.69) is 0 Å². The zero-order valence-corrected chi connectivity index (χ0v) is 15.9. The third-order valence-electron chi connectivity index (χ3n) is 6.46. The van der Waals surface area contributed by atoms with E-state index in [1.165, 1.54) is 0 Å². The van der Waals surface area contributed by atoms with Crippen molar-refractivity contribution in [3.63, 3.8) is 0 Å². The average molecular weight is 386 g/mol. The van der Waals surface area contributed by atoms with Gasteiger partial charge >= 0.3 is 11.9 Å². The van der Waals surface area contributed by atoms with Crippen molar-refractivity contribution in [1.82, 2.24) is 0 Å². The van der Waals surface area contributed by atoms with E-state index in [0.29, 0.717) is 60.6 Å². The number of rotatable bonds is 6. The molecule has 1 aromatic rings. The van der Waals surface area contributed by atoms with Crippen LogP contribution < -0.4 is 0 Å². The second-order valence-electron chi connectivity index (χ2n) is 8.56. The molecule has 28 heavy (non-hydrogen) atoms. The number of fused-ring (bicyclic) bond motifs is 2. The Morgan fingerprint density at radius 1 is 0.786 bits per heavy atom. The summed E-state index contributed by atoms with van der Waals surface area (Å²) in [6.07, 6.45) is 7.77. The monoisotopic (exact) mass is 386 g/mol. The van der Waals surface area contributed by atoms with E-state index < -0.39 is 11.9 Å². The van der Waals surface area contributed by atoms with Crippen molar-refractivity contribution in [3.05, 3.63) is 35.4 Å². The molecule has 1 aromatic carbocycles. The van der Waals surface area contributed by atoms with Crippen LogP contribution in [0.1, 0.15) is 59.2 Å². The van der Waals surface area contributed by atoms with Crippen molar-refractivity contribution in [2.75, 3.05) is 13.2 Å². The molecular formula is C22H26O6. The summed E-state index contributed by atoms with van der Waals surface area (Å²) in [6.45, 7) is 0.817. The van der Waals surface area contributed by atoms with Crippen molar-refractivity contribution < 1.29 is 28.5 Å². The molecule has 0 amide bonds. The molecule has 0 bridgehead atoms. The molecule has 2 heterocycles. The minimum Gasteiger partial charge on any atom is -0.462 e. The van der Waals surface area contributed by atoms with Crippen LogP contribution in [0.15, 0.2) is 24.3 Å². The fraction of sp³-hybridized carbons (Fsp3) is 0.636. The lowest BCUT2D eigenvalue weighted by Gasteiger charge is -2.19. The Bertz CT molecular complexity index is 702. The number of hydrogen-bond donors (Lipinski definition) is 0.